The molecule has 162 valence electrons. The number of thiazole rings is 1. The monoisotopic (exact) mass is 447 g/mol. The van der Waals surface area contributed by atoms with E-state index in [4.69, 9.17) is 4.74 Å². The van der Waals surface area contributed by atoms with Crippen LogP contribution in [0.25, 0.3) is 6.08 Å². The zero-order chi connectivity index (χ0) is 22.8. The number of carboxylic acids is 1. The van der Waals surface area contributed by atoms with Crippen LogP contribution >= 0.6 is 11.3 Å². The Morgan fingerprint density at radius 2 is 1.84 bits per heavy atom. The lowest BCUT2D eigenvalue weighted by Crippen LogP contribution is -2.39. The Balaban J connectivity index is 1.90. The van der Waals surface area contributed by atoms with E-state index in [0.717, 1.165) is 5.56 Å². The number of carboxylic acid groups (broad SMARTS) is 1. The Bertz CT molecular complexity index is 1400. The lowest BCUT2D eigenvalue weighted by molar-refractivity contribution is -0.255. The Hall–Kier alpha value is -3.78. The topological polar surface area (TPSA) is 101 Å². The van der Waals surface area contributed by atoms with Gasteiger partial charge in [0.25, 0.3) is 5.56 Å². The predicted octanol–water partition coefficient (Wildman–Crippen LogP) is 1.16. The minimum Gasteiger partial charge on any atom is -0.545 e. The molecule has 1 aromatic heterocycles. The summed E-state index contributed by atoms with van der Waals surface area (Å²) in [4.78, 5) is 42.2. The van der Waals surface area contributed by atoms with Crippen molar-refractivity contribution in [2.45, 2.75) is 19.9 Å². The van der Waals surface area contributed by atoms with Crippen molar-refractivity contribution < 1.29 is 19.4 Å². The van der Waals surface area contributed by atoms with E-state index >= 15 is 0 Å². The summed E-state index contributed by atoms with van der Waals surface area (Å²) in [7, 11) is 0. The van der Waals surface area contributed by atoms with Crippen LogP contribution in [0.15, 0.2) is 75.7 Å². The van der Waals surface area contributed by atoms with Gasteiger partial charge in [0, 0.05) is 0 Å². The summed E-state index contributed by atoms with van der Waals surface area (Å²) in [6, 6.07) is 14.7. The molecule has 2 aromatic carbocycles. The molecule has 1 aliphatic heterocycles. The second-order valence-electron chi connectivity index (χ2n) is 7.12. The normalized spacial score (nSPS) is 15.8. The van der Waals surface area contributed by atoms with Crippen LogP contribution < -0.4 is 20.0 Å². The van der Waals surface area contributed by atoms with Gasteiger partial charge >= 0.3 is 5.97 Å². The molecule has 0 spiro atoms. The first-order valence-corrected chi connectivity index (χ1v) is 10.8. The largest absolute Gasteiger partial charge is 0.545 e. The summed E-state index contributed by atoms with van der Waals surface area (Å²) < 4.78 is 7.20. The summed E-state index contributed by atoms with van der Waals surface area (Å²) >= 11 is 1.21. The number of esters is 1. The van der Waals surface area contributed by atoms with Crippen molar-refractivity contribution in [2.24, 2.45) is 4.99 Å². The maximum Gasteiger partial charge on any atom is 0.338 e. The smallest absolute Gasteiger partial charge is 0.338 e. The Morgan fingerprint density at radius 3 is 2.47 bits per heavy atom. The fraction of sp³-hybridized carbons (Fsp3) is 0.167. The van der Waals surface area contributed by atoms with Gasteiger partial charge in [-0.1, -0.05) is 65.9 Å². The van der Waals surface area contributed by atoms with E-state index in [1.165, 1.54) is 28.0 Å². The third-order valence-electron chi connectivity index (χ3n) is 5.08. The second kappa shape index (κ2) is 8.76. The standard InChI is InChI=1S/C24H20N2O5S/c1-3-31-23(30)19-14(2)25-24-26(20(19)16-7-5-4-6-8-16)21(27)18(32-24)13-15-9-11-17(12-10-15)22(28)29/h4-13,20H,3H2,1-2H3,(H,28,29)/p-1/b18-13+/t20-/m0/s1. The van der Waals surface area contributed by atoms with Crippen molar-refractivity contribution in [3.05, 3.63) is 102 Å². The van der Waals surface area contributed by atoms with Crippen LogP contribution in [-0.2, 0) is 9.53 Å². The van der Waals surface area contributed by atoms with Gasteiger partial charge < -0.3 is 14.6 Å². The summed E-state index contributed by atoms with van der Waals surface area (Å²) in [5, 5.41) is 11.0. The van der Waals surface area contributed by atoms with E-state index in [9.17, 15) is 19.5 Å². The number of fused-ring (bicyclic) bond motifs is 1. The van der Waals surface area contributed by atoms with Gasteiger partial charge in [0.2, 0.25) is 0 Å². The van der Waals surface area contributed by atoms with Crippen LogP contribution in [0, 0.1) is 0 Å². The van der Waals surface area contributed by atoms with Crippen LogP contribution in [0.3, 0.4) is 0 Å². The summed E-state index contributed by atoms with van der Waals surface area (Å²) in [5.41, 5.74) is 2.04. The Kier molecular flexibility index (Phi) is 5.87. The third-order valence-corrected chi connectivity index (χ3v) is 6.06. The van der Waals surface area contributed by atoms with Crippen molar-refractivity contribution in [1.29, 1.82) is 0 Å². The highest BCUT2D eigenvalue weighted by Crippen LogP contribution is 2.30. The highest BCUT2D eigenvalue weighted by atomic mass is 32.1. The van der Waals surface area contributed by atoms with Gasteiger partial charge in [0.15, 0.2) is 4.80 Å². The molecule has 7 nitrogen and oxygen atoms in total. The van der Waals surface area contributed by atoms with Gasteiger partial charge in [-0.25, -0.2) is 9.79 Å². The van der Waals surface area contributed by atoms with Gasteiger partial charge in [-0.2, -0.15) is 0 Å². The van der Waals surface area contributed by atoms with Crippen molar-refractivity contribution in [2.75, 3.05) is 6.61 Å². The van der Waals surface area contributed by atoms with E-state index in [1.54, 1.807) is 32.1 Å². The molecule has 0 saturated carbocycles. The minimum atomic E-state index is -1.26. The molecule has 3 aromatic rings. The zero-order valence-corrected chi connectivity index (χ0v) is 18.2. The molecule has 32 heavy (non-hydrogen) atoms. The number of hydrogen-bond donors (Lipinski definition) is 0. The molecule has 0 saturated heterocycles. The van der Waals surface area contributed by atoms with Crippen LogP contribution in [0.1, 0.15) is 41.4 Å². The molecule has 0 aliphatic carbocycles. The van der Waals surface area contributed by atoms with Crippen molar-refractivity contribution in [3.8, 4) is 0 Å². The molecule has 4 rings (SSSR count). The number of aromatic carboxylic acids is 1. The third kappa shape index (κ3) is 3.92. The highest BCUT2D eigenvalue weighted by Gasteiger charge is 2.33. The molecule has 0 fully saturated rings. The number of nitrogens with zero attached hydrogens (tertiary/aromatic N) is 2. The summed E-state index contributed by atoms with van der Waals surface area (Å²) in [6.07, 6.45) is 1.67. The highest BCUT2D eigenvalue weighted by molar-refractivity contribution is 7.07. The molecule has 0 unspecified atom stereocenters. The molecule has 0 radical (unpaired) electrons. The van der Waals surface area contributed by atoms with E-state index in [0.29, 0.717) is 26.2 Å². The van der Waals surface area contributed by atoms with E-state index in [1.807, 2.05) is 30.3 Å². The molecule has 0 bridgehead atoms. The SMILES string of the molecule is CCOC(=O)C1=C(C)N=c2s/c(=C/c3ccc(C(=O)[O-])cc3)c(=O)n2[C@H]1c1ccccc1. The van der Waals surface area contributed by atoms with Gasteiger partial charge in [-0.05, 0) is 36.6 Å². The summed E-state index contributed by atoms with van der Waals surface area (Å²) in [5.74, 6) is -1.77. The molecular weight excluding hydrogens is 428 g/mol. The maximum atomic E-state index is 13.4. The quantitative estimate of drug-likeness (QED) is 0.547. The lowest BCUT2D eigenvalue weighted by atomic mass is 9.96. The number of ether oxygens (including phenoxy) is 1. The van der Waals surface area contributed by atoms with Gasteiger partial charge in [0.05, 0.1) is 34.4 Å². The Morgan fingerprint density at radius 1 is 1.16 bits per heavy atom. The number of hydrogen-bond acceptors (Lipinski definition) is 7. The first-order chi connectivity index (χ1) is 15.4. The van der Waals surface area contributed by atoms with Crippen LogP contribution in [0.4, 0.5) is 0 Å². The molecule has 1 aliphatic rings. The molecule has 2 heterocycles. The average Bonchev–Trinajstić information content (AvgIpc) is 3.08. The van der Waals surface area contributed by atoms with E-state index < -0.39 is 18.0 Å². The number of benzene rings is 2. The van der Waals surface area contributed by atoms with E-state index in [2.05, 4.69) is 4.99 Å². The van der Waals surface area contributed by atoms with Gasteiger partial charge in [-0.15, -0.1) is 0 Å². The zero-order valence-electron chi connectivity index (χ0n) is 17.4. The summed E-state index contributed by atoms with van der Waals surface area (Å²) in [6.45, 7) is 3.67. The molecule has 0 amide bonds. The van der Waals surface area contributed by atoms with Gasteiger partial charge in [0.1, 0.15) is 0 Å². The number of carbonyl (C=O) groups is 2. The van der Waals surface area contributed by atoms with Crippen LogP contribution in [0.2, 0.25) is 0 Å². The fourth-order valence-electron chi connectivity index (χ4n) is 3.61. The first-order valence-electron chi connectivity index (χ1n) is 9.96. The molecule has 0 N–H and O–H groups in total. The van der Waals surface area contributed by atoms with Gasteiger partial charge in [-0.3, -0.25) is 9.36 Å². The number of allylic oxidation sites excluding steroid dienone is 1. The average molecular weight is 447 g/mol. The number of carbonyl (C=O) groups excluding carboxylic acids is 2. The minimum absolute atomic E-state index is 0.0578. The lowest BCUT2D eigenvalue weighted by Gasteiger charge is -2.24. The number of rotatable bonds is 5. The van der Waals surface area contributed by atoms with Crippen molar-refractivity contribution in [1.82, 2.24) is 4.57 Å². The molecule has 1 atom stereocenters. The Labute approximate surface area is 187 Å². The van der Waals surface area contributed by atoms with Crippen LogP contribution in [0.5, 0.6) is 0 Å². The van der Waals surface area contributed by atoms with Crippen molar-refractivity contribution in [3.63, 3.8) is 0 Å². The van der Waals surface area contributed by atoms with Crippen LogP contribution in [-0.4, -0.2) is 23.1 Å². The van der Waals surface area contributed by atoms with E-state index in [-0.39, 0.29) is 17.7 Å². The first kappa shape index (κ1) is 21.5. The maximum absolute atomic E-state index is 13.4. The fourth-order valence-corrected chi connectivity index (χ4v) is 4.66. The second-order valence-corrected chi connectivity index (χ2v) is 8.13. The van der Waals surface area contributed by atoms with Crippen molar-refractivity contribution >= 4 is 29.4 Å². The molecular formula is C24H19N2O5S-. The number of aromatic nitrogens is 1. The molecule has 8 heteroatoms. The predicted molar refractivity (Wildman–Crippen MR) is 118 cm³/mol.